The number of aliphatic hydroxyl groups is 2. The molecule has 1 rings (SSSR count). The number of rotatable bonds is 7. The topological polar surface area (TPSA) is 152 Å². The molecule has 0 fully saturated rings. The molecule has 2 unspecified atom stereocenters. The van der Waals surface area contributed by atoms with Crippen LogP contribution in [0.4, 0.5) is 17.8 Å². The number of aliphatic hydroxyl groups excluding tert-OH is 2. The van der Waals surface area contributed by atoms with Gasteiger partial charge in [0.1, 0.15) is 0 Å². The van der Waals surface area contributed by atoms with E-state index in [-0.39, 0.29) is 37.6 Å². The monoisotopic (exact) mass is 258 g/mol. The van der Waals surface area contributed by atoms with Crippen LogP contribution in [0.2, 0.25) is 0 Å². The summed E-state index contributed by atoms with van der Waals surface area (Å²) in [5, 5.41) is 21.0. The minimum absolute atomic E-state index is 0.00967. The van der Waals surface area contributed by atoms with Crippen molar-refractivity contribution in [3.8, 4) is 0 Å². The maximum Gasteiger partial charge on any atom is 0.229 e. The number of ether oxygens (including phenoxy) is 1. The standard InChI is InChI=1S/C9H18N6O3/c1-5(17)4-18-6(3-16)2-12-9-14-7(10)13-8(11)15-9/h5-6,16-17H,2-4H2,1H3,(H5,10,11,12,13,14,15). The summed E-state index contributed by atoms with van der Waals surface area (Å²) in [6.45, 7) is 1.78. The van der Waals surface area contributed by atoms with Crippen LogP contribution >= 0.6 is 0 Å². The van der Waals surface area contributed by atoms with E-state index in [4.69, 9.17) is 26.4 Å². The summed E-state index contributed by atoms with van der Waals surface area (Å²) >= 11 is 0. The third kappa shape index (κ3) is 5.08. The van der Waals surface area contributed by atoms with E-state index in [0.29, 0.717) is 0 Å². The van der Waals surface area contributed by atoms with E-state index in [2.05, 4.69) is 20.3 Å². The second kappa shape index (κ2) is 6.89. The van der Waals surface area contributed by atoms with Gasteiger partial charge >= 0.3 is 0 Å². The Morgan fingerprint density at radius 2 is 1.89 bits per heavy atom. The molecule has 18 heavy (non-hydrogen) atoms. The lowest BCUT2D eigenvalue weighted by Gasteiger charge is -2.17. The smallest absolute Gasteiger partial charge is 0.229 e. The molecule has 1 aromatic rings. The summed E-state index contributed by atoms with van der Waals surface area (Å²) in [5.41, 5.74) is 10.8. The first-order valence-electron chi connectivity index (χ1n) is 5.42. The first kappa shape index (κ1) is 14.4. The quantitative estimate of drug-likeness (QED) is 0.381. The van der Waals surface area contributed by atoms with Crippen molar-refractivity contribution >= 4 is 17.8 Å². The van der Waals surface area contributed by atoms with Crippen LogP contribution in [0.1, 0.15) is 6.92 Å². The zero-order chi connectivity index (χ0) is 13.5. The third-order valence-electron chi connectivity index (χ3n) is 1.93. The average Bonchev–Trinajstić information content (AvgIpc) is 2.27. The molecule has 0 radical (unpaired) electrons. The van der Waals surface area contributed by atoms with Crippen molar-refractivity contribution in [3.05, 3.63) is 0 Å². The fraction of sp³-hybridized carbons (Fsp3) is 0.667. The molecule has 0 aliphatic heterocycles. The van der Waals surface area contributed by atoms with Gasteiger partial charge in [0, 0.05) is 6.54 Å². The molecule has 1 heterocycles. The van der Waals surface area contributed by atoms with Crippen molar-refractivity contribution in [1.82, 2.24) is 15.0 Å². The van der Waals surface area contributed by atoms with Crippen LogP contribution < -0.4 is 16.8 Å². The SMILES string of the molecule is CC(O)COC(CO)CNc1nc(N)nc(N)n1. The third-order valence-corrected chi connectivity index (χ3v) is 1.93. The van der Waals surface area contributed by atoms with E-state index >= 15 is 0 Å². The molecule has 0 aliphatic rings. The predicted octanol–water partition coefficient (Wildman–Crippen LogP) is -1.79. The molecule has 0 amide bonds. The Hall–Kier alpha value is -1.71. The molecule has 9 nitrogen and oxygen atoms in total. The van der Waals surface area contributed by atoms with E-state index in [1.165, 1.54) is 0 Å². The van der Waals surface area contributed by atoms with Gasteiger partial charge in [-0.2, -0.15) is 15.0 Å². The summed E-state index contributed by atoms with van der Waals surface area (Å²) in [6.07, 6.45) is -1.08. The zero-order valence-electron chi connectivity index (χ0n) is 10.1. The molecule has 0 saturated heterocycles. The molecule has 1 aromatic heterocycles. The summed E-state index contributed by atoms with van der Waals surface area (Å²) in [5.74, 6) is 0.227. The number of aromatic nitrogens is 3. The highest BCUT2D eigenvalue weighted by Crippen LogP contribution is 2.04. The number of nitrogens with one attached hydrogen (secondary N) is 1. The van der Waals surface area contributed by atoms with Crippen LogP contribution in [0.5, 0.6) is 0 Å². The Morgan fingerprint density at radius 1 is 1.28 bits per heavy atom. The van der Waals surface area contributed by atoms with Crippen molar-refractivity contribution in [2.75, 3.05) is 36.5 Å². The molecule has 0 aliphatic carbocycles. The van der Waals surface area contributed by atoms with E-state index in [0.717, 1.165) is 0 Å². The minimum atomic E-state index is -0.595. The van der Waals surface area contributed by atoms with Crippen LogP contribution in [-0.4, -0.2) is 57.1 Å². The number of nitrogens with zero attached hydrogens (tertiary/aromatic N) is 3. The van der Waals surface area contributed by atoms with Crippen LogP contribution in [0, 0.1) is 0 Å². The van der Waals surface area contributed by atoms with Gasteiger partial charge in [0.05, 0.1) is 25.4 Å². The fourth-order valence-electron chi connectivity index (χ4n) is 1.15. The second-order valence-electron chi connectivity index (χ2n) is 3.74. The van der Waals surface area contributed by atoms with Gasteiger partial charge in [-0.05, 0) is 6.92 Å². The minimum Gasteiger partial charge on any atom is -0.394 e. The lowest BCUT2D eigenvalue weighted by molar-refractivity contribution is -0.0203. The Balaban J connectivity index is 2.46. The summed E-state index contributed by atoms with van der Waals surface area (Å²) in [7, 11) is 0. The van der Waals surface area contributed by atoms with E-state index < -0.39 is 12.2 Å². The van der Waals surface area contributed by atoms with Crippen LogP contribution in [0.25, 0.3) is 0 Å². The lowest BCUT2D eigenvalue weighted by atomic mass is 10.3. The molecule has 7 N–H and O–H groups in total. The number of hydrogen-bond donors (Lipinski definition) is 5. The molecule has 9 heteroatoms. The van der Waals surface area contributed by atoms with Crippen molar-refractivity contribution < 1.29 is 14.9 Å². The number of nitrogen functional groups attached to an aromatic ring is 2. The van der Waals surface area contributed by atoms with Crippen molar-refractivity contribution in [3.63, 3.8) is 0 Å². The van der Waals surface area contributed by atoms with E-state index in [1.54, 1.807) is 6.92 Å². The van der Waals surface area contributed by atoms with Crippen molar-refractivity contribution in [1.29, 1.82) is 0 Å². The van der Waals surface area contributed by atoms with Gasteiger partial charge in [0.15, 0.2) is 0 Å². The maximum absolute atomic E-state index is 9.08. The number of hydrogen-bond acceptors (Lipinski definition) is 9. The van der Waals surface area contributed by atoms with Gasteiger partial charge in [0.2, 0.25) is 17.8 Å². The van der Waals surface area contributed by atoms with Gasteiger partial charge in [-0.25, -0.2) is 0 Å². The van der Waals surface area contributed by atoms with Gasteiger partial charge in [-0.15, -0.1) is 0 Å². The second-order valence-corrected chi connectivity index (χ2v) is 3.74. The molecule has 0 saturated carbocycles. The van der Waals surface area contributed by atoms with Crippen LogP contribution in [0.15, 0.2) is 0 Å². The van der Waals surface area contributed by atoms with Crippen molar-refractivity contribution in [2.45, 2.75) is 19.1 Å². The molecule has 0 spiro atoms. The highest BCUT2D eigenvalue weighted by molar-refractivity contribution is 5.37. The Kier molecular flexibility index (Phi) is 5.49. The normalized spacial score (nSPS) is 14.2. The van der Waals surface area contributed by atoms with E-state index in [9.17, 15) is 0 Å². The predicted molar refractivity (Wildman–Crippen MR) is 65.6 cm³/mol. The number of anilines is 3. The fourth-order valence-corrected chi connectivity index (χ4v) is 1.15. The Labute approximate surface area is 104 Å². The van der Waals surface area contributed by atoms with Gasteiger partial charge in [0.25, 0.3) is 0 Å². The van der Waals surface area contributed by atoms with Gasteiger partial charge in [-0.1, -0.05) is 0 Å². The molecule has 2 atom stereocenters. The molecular formula is C9H18N6O3. The summed E-state index contributed by atoms with van der Waals surface area (Å²) in [6, 6.07) is 0. The van der Waals surface area contributed by atoms with Crippen LogP contribution in [0.3, 0.4) is 0 Å². The average molecular weight is 258 g/mol. The van der Waals surface area contributed by atoms with E-state index in [1.807, 2.05) is 0 Å². The first-order chi connectivity index (χ1) is 8.51. The zero-order valence-corrected chi connectivity index (χ0v) is 10.1. The lowest BCUT2D eigenvalue weighted by Crippen LogP contribution is -2.30. The number of nitrogens with two attached hydrogens (primary N) is 2. The molecule has 0 bridgehead atoms. The summed E-state index contributed by atoms with van der Waals surface area (Å²) in [4.78, 5) is 11.2. The van der Waals surface area contributed by atoms with Crippen molar-refractivity contribution in [2.24, 2.45) is 0 Å². The van der Waals surface area contributed by atoms with Gasteiger partial charge < -0.3 is 31.7 Å². The Bertz CT molecular complexity index is 355. The van der Waals surface area contributed by atoms with Gasteiger partial charge in [-0.3, -0.25) is 0 Å². The Morgan fingerprint density at radius 3 is 2.39 bits per heavy atom. The molecule has 102 valence electrons. The maximum atomic E-state index is 9.08. The first-order valence-corrected chi connectivity index (χ1v) is 5.42. The highest BCUT2D eigenvalue weighted by Gasteiger charge is 2.10. The summed E-state index contributed by atoms with van der Waals surface area (Å²) < 4.78 is 5.24. The molecular weight excluding hydrogens is 240 g/mol. The largest absolute Gasteiger partial charge is 0.394 e. The highest BCUT2D eigenvalue weighted by atomic mass is 16.5. The molecule has 0 aromatic carbocycles. The van der Waals surface area contributed by atoms with Crippen LogP contribution in [-0.2, 0) is 4.74 Å².